The topological polar surface area (TPSA) is 66.3 Å². The van der Waals surface area contributed by atoms with Gasteiger partial charge in [0.2, 0.25) is 11.9 Å². The molecule has 0 spiro atoms. The molecular weight excluding hydrogens is 1140 g/mol. The summed E-state index contributed by atoms with van der Waals surface area (Å²) in [5.74, 6) is 1.25. The molecule has 426 valence electrons. The van der Waals surface area contributed by atoms with Crippen LogP contribution in [0.3, 0.4) is 0 Å². The monoisotopic (exact) mass is 1190 g/mol. The Hall–Kier alpha value is -12.1. The highest BCUT2D eigenvalue weighted by Crippen LogP contribution is 2.49. The van der Waals surface area contributed by atoms with Crippen molar-refractivity contribution in [2.24, 2.45) is 0 Å². The largest absolute Gasteiger partial charge is 0.309 e. The van der Waals surface area contributed by atoms with E-state index < -0.39 is 0 Å². The van der Waals surface area contributed by atoms with Crippen LogP contribution in [0.2, 0.25) is 0 Å². The standard InChI is InChI=1S/C84H49N7S/c1-3-21-51(22-4-1)78-62-31-11-15-34-69(62)85-83(86-78)90-73-44-40-53(48-67(73)68-49-55(41-45-74(68)90)54-39-43-72-66(47-54)59-28-12-16-35-70(59)89(72)57-25-5-2-6-26-57)52-23-19-24-56(46-52)79-65-42-38-50-20-7-8-27-58(50)80(65)88-84(87-79)91-71-36-17-13-32-63(71)76-60-29-9-10-30-61(60)77-64-33-14-18-37-75(64)92-82(77)81(76)91/h1-49H. The van der Waals surface area contributed by atoms with Crippen molar-refractivity contribution in [2.75, 3.05) is 0 Å². The third-order valence-electron chi connectivity index (χ3n) is 19.0. The Balaban J connectivity index is 0.805. The SMILES string of the molecule is c1ccc(-c2nc(-n3c4ccc(-c5cccc(-c6nc(-n7c8ccccc8c8c9ccccc9c9c%10ccccc%10sc9c87)nc7c6ccc6ccccc67)c5)cc4c4cc(-c5ccc6c(c5)c5ccccc5n6-c5ccccc5)ccc43)nc3ccccc23)cc1. The van der Waals surface area contributed by atoms with E-state index in [9.17, 15) is 0 Å². The molecule has 0 atom stereocenters. The van der Waals surface area contributed by atoms with Crippen molar-refractivity contribution in [1.82, 2.24) is 33.6 Å². The van der Waals surface area contributed by atoms with Crippen LogP contribution in [0.4, 0.5) is 0 Å². The molecule has 0 saturated carbocycles. The van der Waals surface area contributed by atoms with Crippen molar-refractivity contribution in [2.45, 2.75) is 0 Å². The maximum atomic E-state index is 5.80. The van der Waals surface area contributed by atoms with Gasteiger partial charge in [-0.15, -0.1) is 11.3 Å². The first-order valence-electron chi connectivity index (χ1n) is 31.2. The molecule has 0 unspecified atom stereocenters. The van der Waals surface area contributed by atoms with Crippen molar-refractivity contribution in [3.63, 3.8) is 0 Å². The van der Waals surface area contributed by atoms with Gasteiger partial charge in [0.15, 0.2) is 0 Å². The number of aromatic nitrogens is 7. The minimum Gasteiger partial charge on any atom is -0.309 e. The molecule has 0 bridgehead atoms. The summed E-state index contributed by atoms with van der Waals surface area (Å²) in [5.41, 5.74) is 17.7. The van der Waals surface area contributed by atoms with E-state index in [4.69, 9.17) is 19.9 Å². The Labute approximate surface area is 530 Å². The highest BCUT2D eigenvalue weighted by atomic mass is 32.1. The van der Waals surface area contributed by atoms with Crippen LogP contribution in [0.1, 0.15) is 0 Å². The van der Waals surface area contributed by atoms with E-state index in [-0.39, 0.29) is 0 Å². The number of thiophene rings is 1. The Morgan fingerprint density at radius 2 is 0.761 bits per heavy atom. The third kappa shape index (κ3) is 7.50. The summed E-state index contributed by atoms with van der Waals surface area (Å²) < 4.78 is 9.46. The lowest BCUT2D eigenvalue weighted by Gasteiger charge is -2.14. The first-order valence-corrected chi connectivity index (χ1v) is 32.0. The Morgan fingerprint density at radius 3 is 1.49 bits per heavy atom. The molecule has 0 radical (unpaired) electrons. The van der Waals surface area contributed by atoms with Crippen LogP contribution in [0.5, 0.6) is 0 Å². The fraction of sp³-hybridized carbons (Fsp3) is 0. The van der Waals surface area contributed by atoms with Gasteiger partial charge in [0.25, 0.3) is 0 Å². The van der Waals surface area contributed by atoms with Gasteiger partial charge in [0.05, 0.1) is 60.2 Å². The molecule has 0 saturated heterocycles. The molecule has 6 heterocycles. The minimum atomic E-state index is 0.615. The van der Waals surface area contributed by atoms with Gasteiger partial charge in [-0.2, -0.15) is 0 Å². The van der Waals surface area contributed by atoms with Crippen LogP contribution in [-0.2, 0) is 0 Å². The van der Waals surface area contributed by atoms with Crippen molar-refractivity contribution in [1.29, 1.82) is 0 Å². The fourth-order valence-corrected chi connectivity index (χ4v) is 16.2. The summed E-state index contributed by atoms with van der Waals surface area (Å²) in [6.45, 7) is 0. The Morgan fingerprint density at radius 1 is 0.261 bits per heavy atom. The second kappa shape index (κ2) is 19.7. The first kappa shape index (κ1) is 50.9. The molecule has 0 fully saturated rings. The molecule has 7 nitrogen and oxygen atoms in total. The summed E-state index contributed by atoms with van der Waals surface area (Å²) >= 11 is 1.85. The highest BCUT2D eigenvalue weighted by Gasteiger charge is 2.26. The molecule has 20 rings (SSSR count). The fourth-order valence-electron chi connectivity index (χ4n) is 14.9. The number of para-hydroxylation sites is 4. The van der Waals surface area contributed by atoms with Crippen LogP contribution >= 0.6 is 11.3 Å². The highest BCUT2D eigenvalue weighted by molar-refractivity contribution is 7.27. The molecule has 0 amide bonds. The summed E-state index contributed by atoms with van der Waals surface area (Å²) in [4.78, 5) is 22.4. The van der Waals surface area contributed by atoms with E-state index in [0.29, 0.717) is 11.9 Å². The van der Waals surface area contributed by atoms with Crippen LogP contribution in [-0.4, -0.2) is 33.6 Å². The van der Waals surface area contributed by atoms with E-state index in [1.807, 2.05) is 11.3 Å². The maximum absolute atomic E-state index is 5.80. The number of rotatable bonds is 7. The summed E-state index contributed by atoms with van der Waals surface area (Å²) in [7, 11) is 0. The Bertz CT molecular complexity index is 6510. The van der Waals surface area contributed by atoms with Gasteiger partial charge >= 0.3 is 0 Å². The van der Waals surface area contributed by atoms with Crippen LogP contribution < -0.4 is 0 Å². The van der Waals surface area contributed by atoms with Gasteiger partial charge in [-0.1, -0.05) is 212 Å². The lowest BCUT2D eigenvalue weighted by molar-refractivity contribution is 1.01. The van der Waals surface area contributed by atoms with Crippen LogP contribution in [0, 0.1) is 0 Å². The number of nitrogens with zero attached hydrogens (tertiary/aromatic N) is 7. The zero-order valence-electron chi connectivity index (χ0n) is 49.3. The first-order chi connectivity index (χ1) is 45.6. The van der Waals surface area contributed by atoms with Crippen LogP contribution in [0.25, 0.3) is 191 Å². The molecule has 20 aromatic rings. The van der Waals surface area contributed by atoms with E-state index >= 15 is 0 Å². The number of hydrogen-bond donors (Lipinski definition) is 0. The smallest absolute Gasteiger partial charge is 0.235 e. The summed E-state index contributed by atoms with van der Waals surface area (Å²) in [5, 5.41) is 16.2. The zero-order chi connectivity index (χ0) is 60.1. The minimum absolute atomic E-state index is 0.615. The predicted octanol–water partition coefficient (Wildman–Crippen LogP) is 22.2. The second-order valence-electron chi connectivity index (χ2n) is 24.0. The maximum Gasteiger partial charge on any atom is 0.235 e. The number of benzene rings is 14. The molecule has 0 aliphatic heterocycles. The molecular formula is C84H49N7S. The third-order valence-corrected chi connectivity index (χ3v) is 20.2. The molecule has 14 aromatic carbocycles. The average Bonchev–Trinajstić information content (AvgIpc) is 1.57. The normalized spacial score (nSPS) is 12.1. The quantitative estimate of drug-likeness (QED) is 0.149. The van der Waals surface area contributed by atoms with E-state index in [1.54, 1.807) is 0 Å². The summed E-state index contributed by atoms with van der Waals surface area (Å²) in [6, 6.07) is 107. The second-order valence-corrected chi connectivity index (χ2v) is 25.1. The number of fused-ring (bicyclic) bond motifs is 20. The van der Waals surface area contributed by atoms with Crippen LogP contribution in [0.15, 0.2) is 297 Å². The van der Waals surface area contributed by atoms with E-state index in [2.05, 4.69) is 311 Å². The summed E-state index contributed by atoms with van der Waals surface area (Å²) in [6.07, 6.45) is 0. The van der Waals surface area contributed by atoms with Crippen molar-refractivity contribution in [3.8, 4) is 62.4 Å². The Kier molecular flexibility index (Phi) is 10.9. The van der Waals surface area contributed by atoms with Crippen molar-refractivity contribution in [3.05, 3.63) is 297 Å². The van der Waals surface area contributed by atoms with E-state index in [1.165, 1.54) is 63.5 Å². The average molecular weight is 1190 g/mol. The molecule has 0 aliphatic rings. The zero-order valence-corrected chi connectivity index (χ0v) is 50.1. The van der Waals surface area contributed by atoms with Gasteiger partial charge in [0.1, 0.15) is 0 Å². The molecule has 92 heavy (non-hydrogen) atoms. The molecule has 0 N–H and O–H groups in total. The van der Waals surface area contributed by atoms with Gasteiger partial charge in [0, 0.05) is 80.8 Å². The molecule has 8 heteroatoms. The molecule has 6 aromatic heterocycles. The van der Waals surface area contributed by atoms with Crippen molar-refractivity contribution < 1.29 is 0 Å². The predicted molar refractivity (Wildman–Crippen MR) is 385 cm³/mol. The lowest BCUT2D eigenvalue weighted by Crippen LogP contribution is -2.04. The van der Waals surface area contributed by atoms with Gasteiger partial charge < -0.3 is 4.57 Å². The number of hydrogen-bond acceptors (Lipinski definition) is 5. The van der Waals surface area contributed by atoms with Gasteiger partial charge in [-0.25, -0.2) is 19.9 Å². The molecule has 0 aliphatic carbocycles. The van der Waals surface area contributed by atoms with Gasteiger partial charge in [-0.3, -0.25) is 9.13 Å². The lowest BCUT2D eigenvalue weighted by atomic mass is 9.97. The van der Waals surface area contributed by atoms with E-state index in [0.717, 1.165) is 116 Å². The van der Waals surface area contributed by atoms with Crippen molar-refractivity contribution >= 4 is 140 Å². The van der Waals surface area contributed by atoms with Gasteiger partial charge in [-0.05, 0) is 123 Å².